The zero-order valence-electron chi connectivity index (χ0n) is 10.4. The molecule has 0 aromatic carbocycles. The number of nitrogens with one attached hydrogen (secondary N) is 1. The fourth-order valence-corrected chi connectivity index (χ4v) is 1.63. The van der Waals surface area contributed by atoms with E-state index in [4.69, 9.17) is 0 Å². The molecule has 15 heavy (non-hydrogen) atoms. The average Bonchev–Trinajstić information content (AvgIpc) is 1.99. The van der Waals surface area contributed by atoms with Crippen LogP contribution in [0.2, 0.25) is 0 Å². The van der Waals surface area contributed by atoms with Gasteiger partial charge < -0.3 is 4.98 Å². The molecule has 0 fully saturated rings. The fourth-order valence-electron chi connectivity index (χ4n) is 1.63. The summed E-state index contributed by atoms with van der Waals surface area (Å²) in [5.41, 5.74) is 1.53. The standard InChI is InChI=1S/C12H20N2O/c1-7(2)9-8(3)13-11(12(4,5)6)14-10(9)15/h7H,1-6H3,(H,13,14,15). The van der Waals surface area contributed by atoms with Gasteiger partial charge in [-0.1, -0.05) is 34.6 Å². The number of H-pyrrole nitrogens is 1. The van der Waals surface area contributed by atoms with Gasteiger partial charge in [0.05, 0.1) is 0 Å². The molecule has 1 aromatic heterocycles. The largest absolute Gasteiger partial charge is 0.310 e. The minimum atomic E-state index is -0.112. The molecule has 1 N–H and O–H groups in total. The van der Waals surface area contributed by atoms with E-state index in [1.165, 1.54) is 0 Å². The van der Waals surface area contributed by atoms with E-state index < -0.39 is 0 Å². The summed E-state index contributed by atoms with van der Waals surface area (Å²) >= 11 is 0. The van der Waals surface area contributed by atoms with Gasteiger partial charge in [-0.2, -0.15) is 0 Å². The molecule has 0 spiro atoms. The minimum Gasteiger partial charge on any atom is -0.310 e. The van der Waals surface area contributed by atoms with Gasteiger partial charge in [-0.15, -0.1) is 0 Å². The molecule has 0 bridgehead atoms. The minimum absolute atomic E-state index is 0.00225. The Morgan fingerprint density at radius 3 is 2.13 bits per heavy atom. The van der Waals surface area contributed by atoms with E-state index in [2.05, 4.69) is 9.97 Å². The summed E-state index contributed by atoms with van der Waals surface area (Å²) in [5.74, 6) is 0.977. The van der Waals surface area contributed by atoms with Crippen LogP contribution < -0.4 is 5.56 Å². The number of aromatic nitrogens is 2. The number of aryl methyl sites for hydroxylation is 1. The quantitative estimate of drug-likeness (QED) is 0.770. The van der Waals surface area contributed by atoms with Crippen LogP contribution in [0.1, 0.15) is 57.6 Å². The normalized spacial score (nSPS) is 12.2. The van der Waals surface area contributed by atoms with E-state index in [0.717, 1.165) is 17.1 Å². The predicted molar refractivity (Wildman–Crippen MR) is 62.4 cm³/mol. The Hall–Kier alpha value is -1.12. The maximum Gasteiger partial charge on any atom is 0.254 e. The Morgan fingerprint density at radius 2 is 1.80 bits per heavy atom. The van der Waals surface area contributed by atoms with Crippen molar-refractivity contribution in [3.05, 3.63) is 27.4 Å². The van der Waals surface area contributed by atoms with Crippen LogP contribution in [0.5, 0.6) is 0 Å². The zero-order chi connectivity index (χ0) is 11.8. The molecule has 0 aliphatic carbocycles. The van der Waals surface area contributed by atoms with Crippen molar-refractivity contribution in [3.8, 4) is 0 Å². The topological polar surface area (TPSA) is 45.8 Å². The number of hydrogen-bond donors (Lipinski definition) is 1. The second-order valence-electron chi connectivity index (χ2n) is 5.32. The Morgan fingerprint density at radius 1 is 1.27 bits per heavy atom. The summed E-state index contributed by atoms with van der Waals surface area (Å²) in [4.78, 5) is 19.2. The summed E-state index contributed by atoms with van der Waals surface area (Å²) in [6.07, 6.45) is 0. The molecular formula is C12H20N2O. The van der Waals surface area contributed by atoms with E-state index in [0.29, 0.717) is 0 Å². The third kappa shape index (κ3) is 2.46. The van der Waals surface area contributed by atoms with Crippen molar-refractivity contribution >= 4 is 0 Å². The van der Waals surface area contributed by atoms with Gasteiger partial charge in [-0.3, -0.25) is 4.79 Å². The maximum atomic E-state index is 11.9. The Balaban J connectivity index is 3.39. The molecule has 0 unspecified atom stereocenters. The highest BCUT2D eigenvalue weighted by atomic mass is 16.1. The summed E-state index contributed by atoms with van der Waals surface area (Å²) in [5, 5.41) is 0. The van der Waals surface area contributed by atoms with Crippen LogP contribution >= 0.6 is 0 Å². The lowest BCUT2D eigenvalue weighted by Gasteiger charge is -2.19. The number of nitrogens with zero attached hydrogens (tertiary/aromatic N) is 1. The van der Waals surface area contributed by atoms with E-state index in [-0.39, 0.29) is 16.9 Å². The lowest BCUT2D eigenvalue weighted by atomic mass is 9.94. The predicted octanol–water partition coefficient (Wildman–Crippen LogP) is 2.50. The van der Waals surface area contributed by atoms with Crippen molar-refractivity contribution in [2.24, 2.45) is 0 Å². The van der Waals surface area contributed by atoms with Crippen LogP contribution in [0.25, 0.3) is 0 Å². The van der Waals surface area contributed by atoms with Gasteiger partial charge in [-0.25, -0.2) is 4.98 Å². The first kappa shape index (κ1) is 12.0. The van der Waals surface area contributed by atoms with Crippen LogP contribution in [0, 0.1) is 6.92 Å². The summed E-state index contributed by atoms with van der Waals surface area (Å²) < 4.78 is 0. The third-order valence-corrected chi connectivity index (χ3v) is 2.43. The number of aromatic amines is 1. The van der Waals surface area contributed by atoms with E-state index in [9.17, 15) is 4.79 Å². The van der Waals surface area contributed by atoms with Gasteiger partial charge in [0.1, 0.15) is 5.82 Å². The van der Waals surface area contributed by atoms with Crippen molar-refractivity contribution in [2.45, 2.75) is 52.9 Å². The van der Waals surface area contributed by atoms with Crippen LogP contribution in [-0.2, 0) is 5.41 Å². The number of rotatable bonds is 1. The molecule has 0 saturated carbocycles. The first-order chi connectivity index (χ1) is 6.73. The zero-order valence-corrected chi connectivity index (χ0v) is 10.4. The van der Waals surface area contributed by atoms with Gasteiger partial charge in [0.2, 0.25) is 0 Å². The first-order valence-corrected chi connectivity index (χ1v) is 5.34. The van der Waals surface area contributed by atoms with Crippen LogP contribution in [-0.4, -0.2) is 9.97 Å². The molecule has 3 heteroatoms. The van der Waals surface area contributed by atoms with Gasteiger partial charge >= 0.3 is 0 Å². The molecule has 0 radical (unpaired) electrons. The molecule has 1 heterocycles. The summed E-state index contributed by atoms with van der Waals surface area (Å²) in [6.45, 7) is 12.0. The highest BCUT2D eigenvalue weighted by molar-refractivity contribution is 5.21. The average molecular weight is 208 g/mol. The van der Waals surface area contributed by atoms with Gasteiger partial charge in [0.15, 0.2) is 0 Å². The monoisotopic (exact) mass is 208 g/mol. The van der Waals surface area contributed by atoms with Crippen molar-refractivity contribution in [2.75, 3.05) is 0 Å². The molecule has 0 amide bonds. The van der Waals surface area contributed by atoms with Gasteiger partial charge in [0, 0.05) is 16.7 Å². The fraction of sp³-hybridized carbons (Fsp3) is 0.667. The van der Waals surface area contributed by atoms with E-state index in [1.54, 1.807) is 0 Å². The summed E-state index contributed by atoms with van der Waals surface area (Å²) in [6, 6.07) is 0. The molecule has 0 aliphatic rings. The van der Waals surface area contributed by atoms with Gasteiger partial charge in [-0.05, 0) is 12.8 Å². The van der Waals surface area contributed by atoms with E-state index in [1.807, 2.05) is 41.5 Å². The molecule has 0 aliphatic heterocycles. The highest BCUT2D eigenvalue weighted by Crippen LogP contribution is 2.19. The maximum absolute atomic E-state index is 11.9. The molecule has 84 valence electrons. The first-order valence-electron chi connectivity index (χ1n) is 5.34. The van der Waals surface area contributed by atoms with Crippen LogP contribution in [0.3, 0.4) is 0 Å². The highest BCUT2D eigenvalue weighted by Gasteiger charge is 2.19. The Kier molecular flexibility index (Phi) is 3.03. The SMILES string of the molecule is Cc1nc(C(C)(C)C)[nH]c(=O)c1C(C)C. The van der Waals surface area contributed by atoms with E-state index >= 15 is 0 Å². The molecule has 1 aromatic rings. The lowest BCUT2D eigenvalue weighted by molar-refractivity contribution is 0.537. The molecule has 0 saturated heterocycles. The molecular weight excluding hydrogens is 188 g/mol. The number of hydrogen-bond acceptors (Lipinski definition) is 2. The third-order valence-electron chi connectivity index (χ3n) is 2.43. The van der Waals surface area contributed by atoms with Crippen molar-refractivity contribution in [1.29, 1.82) is 0 Å². The van der Waals surface area contributed by atoms with Crippen molar-refractivity contribution in [3.63, 3.8) is 0 Å². The molecule has 1 rings (SSSR count). The van der Waals surface area contributed by atoms with Crippen molar-refractivity contribution < 1.29 is 0 Å². The second kappa shape index (κ2) is 3.80. The Labute approximate surface area is 91.0 Å². The second-order valence-corrected chi connectivity index (χ2v) is 5.32. The summed E-state index contributed by atoms with van der Waals surface area (Å²) in [7, 11) is 0. The van der Waals surface area contributed by atoms with Crippen LogP contribution in [0.4, 0.5) is 0 Å². The van der Waals surface area contributed by atoms with Gasteiger partial charge in [0.25, 0.3) is 5.56 Å². The molecule has 3 nitrogen and oxygen atoms in total. The van der Waals surface area contributed by atoms with Crippen molar-refractivity contribution in [1.82, 2.24) is 9.97 Å². The molecule has 0 atom stereocenters. The Bertz CT molecular complexity index is 411. The van der Waals surface area contributed by atoms with Crippen LogP contribution in [0.15, 0.2) is 4.79 Å². The smallest absolute Gasteiger partial charge is 0.254 e. The lowest BCUT2D eigenvalue weighted by Crippen LogP contribution is -2.26.